The fourth-order valence-corrected chi connectivity index (χ4v) is 1.38. The molecular weight excluding hydrogens is 144 g/mol. The second-order valence-electron chi connectivity index (χ2n) is 3.27. The van der Waals surface area contributed by atoms with Crippen molar-refractivity contribution in [3.8, 4) is 0 Å². The van der Waals surface area contributed by atoms with E-state index in [2.05, 4.69) is 0 Å². The summed E-state index contributed by atoms with van der Waals surface area (Å²) in [6, 6.07) is 0. The van der Waals surface area contributed by atoms with Crippen LogP contribution in [0.4, 0.5) is 0 Å². The summed E-state index contributed by atoms with van der Waals surface area (Å²) in [7, 11) is 0. The predicted molar refractivity (Wildman–Crippen MR) is 57.4 cm³/mol. The lowest BCUT2D eigenvalue weighted by atomic mass is 9.92. The Morgan fingerprint density at radius 3 is 1.75 bits per heavy atom. The summed E-state index contributed by atoms with van der Waals surface area (Å²) < 4.78 is 23.5. The summed E-state index contributed by atoms with van der Waals surface area (Å²) in [5.74, 6) is 0.250. The second-order valence-corrected chi connectivity index (χ2v) is 3.27. The molecule has 0 radical (unpaired) electrons. The summed E-state index contributed by atoms with van der Waals surface area (Å²) in [5.41, 5.74) is 0. The molecule has 0 heteroatoms. The smallest absolute Gasteiger partial charge is 0.0269 e. The van der Waals surface area contributed by atoms with Crippen LogP contribution in [0.2, 0.25) is 0 Å². The van der Waals surface area contributed by atoms with Crippen molar-refractivity contribution in [3.05, 3.63) is 0 Å². The van der Waals surface area contributed by atoms with E-state index in [0.29, 0.717) is 0 Å². The van der Waals surface area contributed by atoms with Crippen LogP contribution in [0, 0.1) is 5.92 Å². The molecule has 12 heavy (non-hydrogen) atoms. The van der Waals surface area contributed by atoms with Gasteiger partial charge in [-0.1, -0.05) is 72.1 Å². The van der Waals surface area contributed by atoms with Gasteiger partial charge in [-0.15, -0.1) is 0 Å². The van der Waals surface area contributed by atoms with Gasteiger partial charge >= 0.3 is 0 Å². The third-order valence-electron chi connectivity index (χ3n) is 2.09. The van der Waals surface area contributed by atoms with Gasteiger partial charge in [0.1, 0.15) is 0 Å². The van der Waals surface area contributed by atoms with E-state index in [-0.39, 0.29) is 25.1 Å². The van der Waals surface area contributed by atoms with Crippen molar-refractivity contribution in [2.75, 3.05) is 0 Å². The zero-order valence-electron chi connectivity index (χ0n) is 11.8. The van der Waals surface area contributed by atoms with Gasteiger partial charge in [0, 0.05) is 4.11 Å². The molecule has 74 valence electrons. The Labute approximate surface area is 83.0 Å². The molecule has 0 aliphatic rings. The first kappa shape index (κ1) is 7.41. The Morgan fingerprint density at radius 1 is 0.917 bits per heavy atom. The molecule has 0 aromatic rings. The van der Waals surface area contributed by atoms with Crippen LogP contribution in [0.25, 0.3) is 0 Å². The molecule has 0 nitrogen and oxygen atoms in total. The van der Waals surface area contributed by atoms with Crippen molar-refractivity contribution in [2.45, 2.75) is 72.1 Å². The minimum absolute atomic E-state index is 0.0431. The average Bonchev–Trinajstić information content (AvgIpc) is 2.26. The van der Waals surface area contributed by atoms with Crippen LogP contribution in [0.15, 0.2) is 0 Å². The average molecular weight is 176 g/mol. The van der Waals surface area contributed by atoms with E-state index in [1.54, 1.807) is 0 Å². The van der Waals surface area contributed by atoms with Gasteiger partial charge in [-0.05, 0) is 5.92 Å². The molecule has 0 rings (SSSR count). The molecular formula is C12H26. The quantitative estimate of drug-likeness (QED) is 0.499. The number of rotatable bonds is 8. The molecule has 0 heterocycles. The Bertz CT molecular complexity index is 138. The molecule has 0 amide bonds. The molecule has 0 aromatic heterocycles. The van der Waals surface area contributed by atoms with Crippen LogP contribution in [0.5, 0.6) is 0 Å². The minimum Gasteiger partial charge on any atom is -0.0654 e. The summed E-state index contributed by atoms with van der Waals surface area (Å²) in [6.07, 6.45) is 4.00. The zero-order valence-corrected chi connectivity index (χ0v) is 8.84. The fourth-order valence-electron chi connectivity index (χ4n) is 1.38. The van der Waals surface area contributed by atoms with Gasteiger partial charge in [0.05, 0.1) is 0 Å². The lowest BCUT2D eigenvalue weighted by Gasteiger charge is -2.14. The van der Waals surface area contributed by atoms with Crippen molar-refractivity contribution in [3.63, 3.8) is 0 Å². The third kappa shape index (κ3) is 6.69. The van der Waals surface area contributed by atoms with Crippen LogP contribution >= 0.6 is 0 Å². The molecule has 0 aliphatic carbocycles. The maximum atomic E-state index is 7.95. The van der Waals surface area contributed by atoms with Gasteiger partial charge in [0.2, 0.25) is 0 Å². The van der Waals surface area contributed by atoms with Crippen molar-refractivity contribution >= 4 is 0 Å². The highest BCUT2D eigenvalue weighted by molar-refractivity contribution is 4.58. The first-order valence-corrected chi connectivity index (χ1v) is 5.31. The van der Waals surface area contributed by atoms with Gasteiger partial charge in [-0.3, -0.25) is 0 Å². The maximum absolute atomic E-state index is 7.95. The van der Waals surface area contributed by atoms with E-state index in [1.165, 1.54) is 0 Å². The summed E-state index contributed by atoms with van der Waals surface area (Å²) in [5, 5.41) is 0. The molecule has 0 bridgehead atoms. The zero-order chi connectivity index (χ0) is 11.8. The normalized spacial score (nSPS) is 24.8. The van der Waals surface area contributed by atoms with Crippen LogP contribution in [0.1, 0.15) is 76.2 Å². The summed E-state index contributed by atoms with van der Waals surface area (Å²) in [6.45, 7) is 6.08. The molecule has 0 fully saturated rings. The van der Waals surface area contributed by atoms with E-state index < -0.39 is 0 Å². The summed E-state index contributed by atoms with van der Waals surface area (Å²) in [4.78, 5) is 0. The lowest BCUT2D eigenvalue weighted by molar-refractivity contribution is 0.390. The van der Waals surface area contributed by atoms with Crippen molar-refractivity contribution in [1.29, 1.82) is 0 Å². The molecule has 0 aromatic carbocycles. The lowest BCUT2D eigenvalue weighted by Crippen LogP contribution is -1.99. The van der Waals surface area contributed by atoms with Gasteiger partial charge in [-0.2, -0.15) is 0 Å². The second kappa shape index (κ2) is 9.09. The summed E-state index contributed by atoms with van der Waals surface area (Å²) >= 11 is 0. The molecule has 0 spiro atoms. The molecule has 0 N–H and O–H groups in total. The van der Waals surface area contributed by atoms with Crippen molar-refractivity contribution < 1.29 is 4.11 Å². The first-order chi connectivity index (χ1) is 7.04. The van der Waals surface area contributed by atoms with Gasteiger partial charge in [0.25, 0.3) is 0 Å². The van der Waals surface area contributed by atoms with Crippen molar-refractivity contribution in [2.24, 2.45) is 5.92 Å². The van der Waals surface area contributed by atoms with Gasteiger partial charge in [0.15, 0.2) is 0 Å². The van der Waals surface area contributed by atoms with Crippen LogP contribution in [-0.2, 0) is 0 Å². The highest BCUT2D eigenvalue weighted by Crippen LogP contribution is 2.20. The predicted octanol–water partition coefficient (Wildman–Crippen LogP) is 4.78. The largest absolute Gasteiger partial charge is 0.0654 e. The van der Waals surface area contributed by atoms with Gasteiger partial charge < -0.3 is 0 Å². The van der Waals surface area contributed by atoms with E-state index in [9.17, 15) is 0 Å². The Morgan fingerprint density at radius 2 is 1.42 bits per heavy atom. The molecule has 0 saturated heterocycles. The first-order valence-electron chi connectivity index (χ1n) is 7.04. The van der Waals surface area contributed by atoms with Crippen LogP contribution < -0.4 is 0 Å². The Kier molecular flexibility index (Phi) is 5.61. The highest BCUT2D eigenvalue weighted by Gasteiger charge is 2.05. The van der Waals surface area contributed by atoms with Crippen molar-refractivity contribution in [1.82, 2.24) is 0 Å². The fraction of sp³-hybridized carbons (Fsp3) is 1.00. The molecule has 0 aliphatic heterocycles. The van der Waals surface area contributed by atoms with E-state index in [0.717, 1.165) is 32.1 Å². The van der Waals surface area contributed by atoms with Crippen LogP contribution in [-0.4, -0.2) is 0 Å². The van der Waals surface area contributed by atoms with Crippen LogP contribution in [0.3, 0.4) is 0 Å². The monoisotopic (exact) mass is 176 g/mol. The number of hydrogen-bond donors (Lipinski definition) is 0. The maximum Gasteiger partial charge on any atom is 0.0269 e. The number of hydrogen-bond acceptors (Lipinski definition) is 0. The third-order valence-corrected chi connectivity index (χ3v) is 2.09. The SMILES string of the molecule is [3H]C(CC)CC(CC([3H])CC)C([3H])CC. The minimum atomic E-state index is -0.0798. The Balaban J connectivity index is 4.17. The van der Waals surface area contributed by atoms with E-state index in [4.69, 9.17) is 4.11 Å². The standard InChI is InChI=1S/C12H26/c1-4-7-10-12(9-6-3)11-8-5-2/h12H,4-11H2,1-3H3/i7T,8T,9T. The highest BCUT2D eigenvalue weighted by atomic mass is 14.1. The van der Waals surface area contributed by atoms with Gasteiger partial charge in [-0.25, -0.2) is 0 Å². The topological polar surface area (TPSA) is 0 Å². The molecule has 0 saturated carbocycles. The van der Waals surface area contributed by atoms with E-state index in [1.807, 2.05) is 20.8 Å². The Hall–Kier alpha value is 0. The molecule has 3 atom stereocenters. The van der Waals surface area contributed by atoms with E-state index >= 15 is 0 Å². The molecule has 3 unspecified atom stereocenters.